The van der Waals surface area contributed by atoms with E-state index < -0.39 is 6.04 Å². The summed E-state index contributed by atoms with van der Waals surface area (Å²) in [5.41, 5.74) is 3.08. The third-order valence-corrected chi connectivity index (χ3v) is 7.06. The average Bonchev–Trinajstić information content (AvgIpc) is 3.20. The maximum atomic E-state index is 13.7. The number of imide groups is 1. The predicted octanol–water partition coefficient (Wildman–Crippen LogP) is 2.44. The Morgan fingerprint density at radius 1 is 1.09 bits per heavy atom. The second-order valence-corrected chi connectivity index (χ2v) is 9.33. The number of nitrogens with one attached hydrogen (secondary N) is 1. The van der Waals surface area contributed by atoms with E-state index in [2.05, 4.69) is 28.1 Å². The van der Waals surface area contributed by atoms with Gasteiger partial charge in [-0.15, -0.1) is 0 Å². The van der Waals surface area contributed by atoms with E-state index in [-0.39, 0.29) is 30.9 Å². The van der Waals surface area contributed by atoms with Crippen LogP contribution in [0, 0.1) is 12.8 Å². The smallest absolute Gasteiger partial charge is 0.328 e. The lowest BCUT2D eigenvalue weighted by molar-refractivity contribution is -0.139. The third kappa shape index (κ3) is 3.63. The monoisotopic (exact) mass is 449 g/mol. The van der Waals surface area contributed by atoms with E-state index in [0.29, 0.717) is 5.92 Å². The highest BCUT2D eigenvalue weighted by Gasteiger charge is 2.56. The summed E-state index contributed by atoms with van der Waals surface area (Å²) in [6, 6.07) is 15.2. The number of hydrogen-bond acceptors (Lipinski definition) is 6. The van der Waals surface area contributed by atoms with Crippen molar-refractivity contribution in [3.8, 4) is 5.75 Å². The van der Waals surface area contributed by atoms with Crippen molar-refractivity contribution in [2.24, 2.45) is 5.92 Å². The van der Waals surface area contributed by atoms with Crippen molar-refractivity contribution >= 4 is 17.6 Å². The number of aryl methyl sites for hydroxylation is 1. The number of rotatable bonds is 4. The fourth-order valence-electron chi connectivity index (χ4n) is 5.31. The van der Waals surface area contributed by atoms with Gasteiger partial charge in [0.15, 0.2) is 0 Å². The van der Waals surface area contributed by atoms with Crippen LogP contribution in [-0.2, 0) is 11.3 Å². The maximum Gasteiger partial charge on any atom is 0.328 e. The summed E-state index contributed by atoms with van der Waals surface area (Å²) in [6.45, 7) is 6.12. The Morgan fingerprint density at radius 2 is 1.88 bits per heavy atom. The van der Waals surface area contributed by atoms with Gasteiger partial charge in [0.05, 0.1) is 13.7 Å². The molecule has 174 valence electrons. The van der Waals surface area contributed by atoms with Gasteiger partial charge in [-0.1, -0.05) is 37.3 Å². The molecule has 3 saturated heterocycles. The van der Waals surface area contributed by atoms with Crippen LogP contribution in [0.4, 0.5) is 10.5 Å². The molecule has 0 saturated carbocycles. The second kappa shape index (κ2) is 8.35. The van der Waals surface area contributed by atoms with E-state index in [1.54, 1.807) is 19.1 Å². The minimum atomic E-state index is -0.433. The Bertz CT molecular complexity index is 1080. The number of ether oxygens (including phenoxy) is 1. The zero-order valence-corrected chi connectivity index (χ0v) is 19.6. The molecule has 33 heavy (non-hydrogen) atoms. The molecule has 8 heteroatoms. The van der Waals surface area contributed by atoms with Gasteiger partial charge in [0.25, 0.3) is 5.91 Å². The lowest BCUT2D eigenvalue weighted by atomic mass is 10.0. The molecule has 3 amide bonds. The molecular formula is C25H31N5O3. The van der Waals surface area contributed by atoms with Crippen LogP contribution in [0.5, 0.6) is 5.75 Å². The topological polar surface area (TPSA) is 68.4 Å². The number of anilines is 1. The van der Waals surface area contributed by atoms with Crippen molar-refractivity contribution in [1.82, 2.24) is 20.0 Å². The van der Waals surface area contributed by atoms with Crippen LogP contribution in [0.1, 0.15) is 18.1 Å². The first-order valence-corrected chi connectivity index (χ1v) is 11.4. The summed E-state index contributed by atoms with van der Waals surface area (Å²) in [6.07, 6.45) is -0.553. The van der Waals surface area contributed by atoms with Crippen molar-refractivity contribution in [3.63, 3.8) is 0 Å². The molecule has 0 aromatic heterocycles. The molecule has 3 heterocycles. The number of amides is 3. The van der Waals surface area contributed by atoms with Crippen LogP contribution in [0.3, 0.4) is 0 Å². The summed E-state index contributed by atoms with van der Waals surface area (Å²) < 4.78 is 5.43. The quantitative estimate of drug-likeness (QED) is 0.774. The minimum Gasteiger partial charge on any atom is -0.497 e. The number of carbonyl (C=O) groups is 2. The van der Waals surface area contributed by atoms with E-state index >= 15 is 0 Å². The summed E-state index contributed by atoms with van der Waals surface area (Å²) in [5, 5.41) is 3.58. The first-order chi connectivity index (χ1) is 15.9. The number of urea groups is 1. The molecule has 8 nitrogen and oxygen atoms in total. The van der Waals surface area contributed by atoms with E-state index in [1.165, 1.54) is 4.90 Å². The summed E-state index contributed by atoms with van der Waals surface area (Å²) in [7, 11) is 3.44. The second-order valence-electron chi connectivity index (χ2n) is 9.33. The third-order valence-electron chi connectivity index (χ3n) is 7.06. The lowest BCUT2D eigenvalue weighted by Crippen LogP contribution is -2.66. The molecule has 0 spiro atoms. The van der Waals surface area contributed by atoms with Crippen molar-refractivity contribution in [3.05, 3.63) is 59.7 Å². The molecule has 3 fully saturated rings. The molecule has 5 rings (SSSR count). The van der Waals surface area contributed by atoms with Crippen molar-refractivity contribution in [2.75, 3.05) is 32.1 Å². The highest BCUT2D eigenvalue weighted by molar-refractivity contribution is 6.00. The maximum absolute atomic E-state index is 13.7. The van der Waals surface area contributed by atoms with Gasteiger partial charge < -0.3 is 14.5 Å². The summed E-state index contributed by atoms with van der Waals surface area (Å²) in [5.74, 6) is 1.01. The fraction of sp³-hybridized carbons (Fsp3) is 0.440. The van der Waals surface area contributed by atoms with Gasteiger partial charge in [0.1, 0.15) is 24.2 Å². The van der Waals surface area contributed by atoms with Crippen LogP contribution in [0.15, 0.2) is 48.5 Å². The van der Waals surface area contributed by atoms with Crippen LogP contribution in [0.25, 0.3) is 0 Å². The van der Waals surface area contributed by atoms with Gasteiger partial charge in [0, 0.05) is 31.9 Å². The molecule has 4 atom stereocenters. The first-order valence-electron chi connectivity index (χ1n) is 11.4. The van der Waals surface area contributed by atoms with Gasteiger partial charge in [-0.05, 0) is 36.1 Å². The van der Waals surface area contributed by atoms with Crippen LogP contribution in [0.2, 0.25) is 0 Å². The van der Waals surface area contributed by atoms with Gasteiger partial charge in [-0.25, -0.2) is 4.79 Å². The van der Waals surface area contributed by atoms with Crippen LogP contribution >= 0.6 is 0 Å². The molecule has 3 aliphatic rings. The number of benzene rings is 2. The molecule has 1 N–H and O–H groups in total. The van der Waals surface area contributed by atoms with E-state index in [1.807, 2.05) is 49.4 Å². The first kappa shape index (κ1) is 21.7. The van der Waals surface area contributed by atoms with Gasteiger partial charge in [-0.2, -0.15) is 0 Å². The SMILES string of the molecule is COc1cccc(N2CC(C)CN3C4C(=O)N(Cc5ccccc5C)C(=O)N(C)C4NC23)c1. The molecule has 3 aliphatic heterocycles. The number of methoxy groups -OCH3 is 1. The van der Waals surface area contributed by atoms with E-state index in [4.69, 9.17) is 4.74 Å². The molecule has 2 aromatic carbocycles. The largest absolute Gasteiger partial charge is 0.497 e. The van der Waals surface area contributed by atoms with Crippen LogP contribution in [-0.4, -0.2) is 72.4 Å². The zero-order chi connectivity index (χ0) is 23.3. The Balaban J connectivity index is 1.47. The Hall–Kier alpha value is -3.10. The minimum absolute atomic E-state index is 0.138. The van der Waals surface area contributed by atoms with Gasteiger partial charge >= 0.3 is 6.03 Å². The predicted molar refractivity (Wildman–Crippen MR) is 126 cm³/mol. The number of fused-ring (bicyclic) bond motifs is 3. The standard InChI is InChI=1S/C25H31N5O3/c1-16-13-28(19-10-7-11-20(12-19)33-4)24-26-22-21(29(24)14-16)23(31)30(25(32)27(22)3)15-18-9-6-5-8-17(18)2/h5-12,16,21-22,24,26H,13-15H2,1-4H3. The molecule has 0 bridgehead atoms. The Morgan fingerprint density at radius 3 is 2.64 bits per heavy atom. The van der Waals surface area contributed by atoms with E-state index in [0.717, 1.165) is 35.7 Å². The molecule has 4 unspecified atom stereocenters. The molecule has 0 radical (unpaired) electrons. The number of likely N-dealkylation sites (N-methyl/N-ethyl adjacent to an activating group) is 1. The van der Waals surface area contributed by atoms with Crippen LogP contribution < -0.4 is 15.0 Å². The summed E-state index contributed by atoms with van der Waals surface area (Å²) in [4.78, 5) is 34.6. The van der Waals surface area contributed by atoms with Gasteiger partial charge in [0.2, 0.25) is 0 Å². The molecule has 0 aliphatic carbocycles. The summed E-state index contributed by atoms with van der Waals surface area (Å²) >= 11 is 0. The number of carbonyl (C=O) groups excluding carboxylic acids is 2. The van der Waals surface area contributed by atoms with Gasteiger partial charge in [-0.3, -0.25) is 19.9 Å². The van der Waals surface area contributed by atoms with Crippen molar-refractivity contribution in [2.45, 2.75) is 38.9 Å². The molecular weight excluding hydrogens is 418 g/mol. The highest BCUT2D eigenvalue weighted by atomic mass is 16.5. The number of hydrogen-bond donors (Lipinski definition) is 1. The van der Waals surface area contributed by atoms with Crippen molar-refractivity contribution in [1.29, 1.82) is 0 Å². The Labute approximate surface area is 194 Å². The average molecular weight is 450 g/mol. The normalized spacial score (nSPS) is 27.6. The highest BCUT2D eigenvalue weighted by Crippen LogP contribution is 2.35. The zero-order valence-electron chi connectivity index (χ0n) is 19.6. The van der Waals surface area contributed by atoms with E-state index in [9.17, 15) is 9.59 Å². The lowest BCUT2D eigenvalue weighted by Gasteiger charge is -2.46. The number of nitrogens with zero attached hydrogens (tertiary/aromatic N) is 4. The van der Waals surface area contributed by atoms with Crippen molar-refractivity contribution < 1.29 is 14.3 Å². The fourth-order valence-corrected chi connectivity index (χ4v) is 5.31. The Kier molecular flexibility index (Phi) is 5.50. The molecule has 2 aromatic rings.